The first-order chi connectivity index (χ1) is 20.5. The molecule has 0 aliphatic rings. The largest absolute Gasteiger partial charge is 0.481 e. The Morgan fingerprint density at radius 2 is 1.12 bits per heavy atom. The van der Waals surface area contributed by atoms with Gasteiger partial charge in [-0.1, -0.05) is 72.8 Å². The summed E-state index contributed by atoms with van der Waals surface area (Å²) < 4.78 is 22.0. The maximum Gasteiger partial charge on any atom is 0.313 e. The number of fused-ring (bicyclic) bond motifs is 2. The fourth-order valence-corrected chi connectivity index (χ4v) is 5.69. The van der Waals surface area contributed by atoms with Crippen LogP contribution in [0.25, 0.3) is 22.1 Å². The Bertz CT molecular complexity index is 1770. The smallest absolute Gasteiger partial charge is 0.313 e. The lowest BCUT2D eigenvalue weighted by Crippen LogP contribution is -2.18. The van der Waals surface area contributed by atoms with Gasteiger partial charge in [0.2, 0.25) is 0 Å². The minimum atomic E-state index is -0.823. The number of esters is 1. The van der Waals surface area contributed by atoms with Crippen LogP contribution >= 0.6 is 23.5 Å². The number of aromatic nitrogens is 4. The molecule has 0 spiro atoms. The summed E-state index contributed by atoms with van der Waals surface area (Å²) in [4.78, 5) is 23.9. The third-order valence-corrected chi connectivity index (χ3v) is 7.91. The van der Waals surface area contributed by atoms with Crippen LogP contribution in [0.4, 0.5) is 0 Å². The first-order valence-electron chi connectivity index (χ1n) is 13.4. The molecule has 6 aromatic rings. The lowest BCUT2D eigenvalue weighted by Gasteiger charge is -2.16. The maximum atomic E-state index is 12.4. The summed E-state index contributed by atoms with van der Waals surface area (Å²) in [6.07, 6.45) is 1.09. The standard InChI is InChI=1S/C17H16N2O2S.C15H12N2O2S/c1-2-21-17(20)14(10-12-6-4-3-5-7-12)13-8-9-15-16(11-13)19-22-18-15;18-15(19)12(8-10-4-2-1-3-5-10)11-6-7-13-14(9-11)17-20-16-13/h3-9,11,14H,2,10H2,1H3;1-7,9,12H,8H2,(H,18,19). The van der Waals surface area contributed by atoms with Crippen molar-refractivity contribution in [3.8, 4) is 0 Å². The predicted octanol–water partition coefficient (Wildman–Crippen LogP) is 6.68. The first kappa shape index (κ1) is 29.0. The number of carbonyl (C=O) groups is 2. The number of benzene rings is 4. The van der Waals surface area contributed by atoms with E-state index in [1.54, 1.807) is 0 Å². The van der Waals surface area contributed by atoms with E-state index in [-0.39, 0.29) is 11.9 Å². The van der Waals surface area contributed by atoms with E-state index >= 15 is 0 Å². The summed E-state index contributed by atoms with van der Waals surface area (Å²) in [5, 5.41) is 9.48. The molecule has 2 heterocycles. The highest BCUT2D eigenvalue weighted by Crippen LogP contribution is 2.26. The van der Waals surface area contributed by atoms with Crippen molar-refractivity contribution >= 4 is 57.5 Å². The summed E-state index contributed by atoms with van der Waals surface area (Å²) >= 11 is 2.32. The van der Waals surface area contributed by atoms with Gasteiger partial charge in [0.05, 0.1) is 41.9 Å². The molecule has 2 atom stereocenters. The van der Waals surface area contributed by atoms with Crippen molar-refractivity contribution in [2.24, 2.45) is 0 Å². The molecule has 42 heavy (non-hydrogen) atoms. The Morgan fingerprint density at radius 1 is 0.667 bits per heavy atom. The monoisotopic (exact) mass is 596 g/mol. The van der Waals surface area contributed by atoms with Gasteiger partial charge in [-0.25, -0.2) is 0 Å². The van der Waals surface area contributed by atoms with Gasteiger partial charge in [0.25, 0.3) is 0 Å². The molecule has 0 aliphatic heterocycles. The highest BCUT2D eigenvalue weighted by Gasteiger charge is 2.23. The number of rotatable bonds is 9. The molecule has 8 nitrogen and oxygen atoms in total. The van der Waals surface area contributed by atoms with E-state index in [0.717, 1.165) is 56.0 Å². The van der Waals surface area contributed by atoms with Gasteiger partial charge in [0.1, 0.15) is 22.1 Å². The number of carboxylic acids is 1. The highest BCUT2D eigenvalue weighted by molar-refractivity contribution is 7.00. The van der Waals surface area contributed by atoms with Gasteiger partial charge in [0, 0.05) is 0 Å². The SMILES string of the molecule is CCOC(=O)C(Cc1ccccc1)c1ccc2nsnc2c1.O=C(O)C(Cc1ccccc1)c1ccc2nsnc2c1. The van der Waals surface area contributed by atoms with E-state index in [1.807, 2.05) is 104 Å². The summed E-state index contributed by atoms with van der Waals surface area (Å²) in [6, 6.07) is 30.9. The molecule has 0 saturated heterocycles. The van der Waals surface area contributed by atoms with E-state index < -0.39 is 11.9 Å². The fraction of sp³-hybridized carbons (Fsp3) is 0.188. The van der Waals surface area contributed by atoms with Crippen molar-refractivity contribution in [1.82, 2.24) is 17.5 Å². The molecule has 0 aliphatic carbocycles. The molecule has 2 unspecified atom stereocenters. The molecule has 1 N–H and O–H groups in total. The number of aliphatic carboxylic acids is 1. The first-order valence-corrected chi connectivity index (χ1v) is 14.9. The van der Waals surface area contributed by atoms with Crippen molar-refractivity contribution in [1.29, 1.82) is 0 Å². The van der Waals surface area contributed by atoms with Gasteiger partial charge in [-0.15, -0.1) is 0 Å². The average Bonchev–Trinajstić information content (AvgIpc) is 3.69. The molecule has 2 aromatic heterocycles. The summed E-state index contributed by atoms with van der Waals surface area (Å²) in [6.45, 7) is 2.20. The number of hydrogen-bond donors (Lipinski definition) is 1. The molecule has 0 saturated carbocycles. The fourth-order valence-electron chi connectivity index (χ4n) is 4.66. The number of carbonyl (C=O) groups excluding carboxylic acids is 1. The molecular weight excluding hydrogens is 569 g/mol. The third kappa shape index (κ3) is 7.20. The van der Waals surface area contributed by atoms with Crippen LogP contribution in [-0.4, -0.2) is 41.1 Å². The zero-order valence-corrected chi connectivity index (χ0v) is 24.4. The van der Waals surface area contributed by atoms with E-state index in [4.69, 9.17) is 4.74 Å². The molecule has 0 radical (unpaired) electrons. The Balaban J connectivity index is 0.000000169. The van der Waals surface area contributed by atoms with Gasteiger partial charge in [-0.3, -0.25) is 9.59 Å². The second kappa shape index (κ2) is 13.9. The third-order valence-electron chi connectivity index (χ3n) is 6.79. The van der Waals surface area contributed by atoms with Crippen molar-refractivity contribution in [2.75, 3.05) is 6.61 Å². The number of carboxylic acid groups (broad SMARTS) is 1. The average molecular weight is 597 g/mol. The van der Waals surface area contributed by atoms with E-state index in [2.05, 4.69) is 17.5 Å². The van der Waals surface area contributed by atoms with Crippen molar-refractivity contribution in [3.05, 3.63) is 119 Å². The quantitative estimate of drug-likeness (QED) is 0.184. The molecule has 0 amide bonds. The lowest BCUT2D eigenvalue weighted by molar-refractivity contribution is -0.145. The van der Waals surface area contributed by atoms with Crippen LogP contribution in [-0.2, 0) is 27.2 Å². The van der Waals surface area contributed by atoms with Crippen LogP contribution in [0.15, 0.2) is 97.1 Å². The van der Waals surface area contributed by atoms with E-state index in [0.29, 0.717) is 19.4 Å². The van der Waals surface area contributed by atoms with Crippen LogP contribution in [0.2, 0.25) is 0 Å². The Labute approximate surface area is 251 Å². The van der Waals surface area contributed by atoms with Gasteiger partial charge in [-0.05, 0) is 66.3 Å². The number of ether oxygens (including phenoxy) is 1. The van der Waals surface area contributed by atoms with Crippen LogP contribution in [0.1, 0.15) is 41.0 Å². The van der Waals surface area contributed by atoms with Crippen LogP contribution in [0, 0.1) is 0 Å². The lowest BCUT2D eigenvalue weighted by atomic mass is 9.91. The number of nitrogens with zero attached hydrogens (tertiary/aromatic N) is 4. The van der Waals surface area contributed by atoms with Crippen molar-refractivity contribution in [3.63, 3.8) is 0 Å². The van der Waals surface area contributed by atoms with Crippen LogP contribution in [0.5, 0.6) is 0 Å². The molecule has 0 fully saturated rings. The Hall–Kier alpha value is -4.54. The normalized spacial score (nSPS) is 12.3. The zero-order chi connectivity index (χ0) is 29.3. The van der Waals surface area contributed by atoms with Gasteiger partial charge < -0.3 is 9.84 Å². The van der Waals surface area contributed by atoms with Crippen LogP contribution in [0.3, 0.4) is 0 Å². The molecule has 4 aromatic carbocycles. The molecule has 212 valence electrons. The Kier molecular flexibility index (Phi) is 9.58. The molecular formula is C32H28N4O4S2. The van der Waals surface area contributed by atoms with Crippen molar-refractivity contribution < 1.29 is 19.4 Å². The van der Waals surface area contributed by atoms with Crippen LogP contribution < -0.4 is 0 Å². The minimum absolute atomic E-state index is 0.200. The Morgan fingerprint density at radius 3 is 1.60 bits per heavy atom. The van der Waals surface area contributed by atoms with E-state index in [1.165, 1.54) is 11.7 Å². The molecule has 10 heteroatoms. The topological polar surface area (TPSA) is 115 Å². The predicted molar refractivity (Wildman–Crippen MR) is 165 cm³/mol. The second-order valence-electron chi connectivity index (χ2n) is 9.60. The summed E-state index contributed by atoms with van der Waals surface area (Å²) in [5.41, 5.74) is 7.05. The second-order valence-corrected chi connectivity index (χ2v) is 10.7. The minimum Gasteiger partial charge on any atom is -0.481 e. The summed E-state index contributed by atoms with van der Waals surface area (Å²) in [7, 11) is 0. The van der Waals surface area contributed by atoms with Gasteiger partial charge in [-0.2, -0.15) is 17.5 Å². The van der Waals surface area contributed by atoms with Crippen molar-refractivity contribution in [2.45, 2.75) is 31.6 Å². The van der Waals surface area contributed by atoms with Gasteiger partial charge in [0.15, 0.2) is 0 Å². The number of hydrogen-bond acceptors (Lipinski definition) is 9. The van der Waals surface area contributed by atoms with Gasteiger partial charge >= 0.3 is 11.9 Å². The molecule has 6 rings (SSSR count). The summed E-state index contributed by atoms with van der Waals surface area (Å²) in [5.74, 6) is -1.91. The maximum absolute atomic E-state index is 12.4. The van der Waals surface area contributed by atoms with E-state index in [9.17, 15) is 14.7 Å². The molecule has 0 bridgehead atoms. The zero-order valence-electron chi connectivity index (χ0n) is 22.8. The highest BCUT2D eigenvalue weighted by atomic mass is 32.1.